The van der Waals surface area contributed by atoms with Gasteiger partial charge in [-0.05, 0) is 47.3 Å². The van der Waals surface area contributed by atoms with Gasteiger partial charge in [0, 0.05) is 21.2 Å². The van der Waals surface area contributed by atoms with Gasteiger partial charge in [0.1, 0.15) is 0 Å². The van der Waals surface area contributed by atoms with Crippen LogP contribution in [0.2, 0.25) is 0 Å². The SMILES string of the molecule is NCCc1cc(-c2ccc(I)cc2)n[nH]1. The molecule has 0 fully saturated rings. The average molecular weight is 313 g/mol. The minimum atomic E-state index is 0.647. The normalized spacial score (nSPS) is 10.5. The van der Waals surface area contributed by atoms with E-state index in [1.165, 1.54) is 3.57 Å². The van der Waals surface area contributed by atoms with E-state index in [0.29, 0.717) is 6.54 Å². The van der Waals surface area contributed by atoms with Gasteiger partial charge in [-0.1, -0.05) is 12.1 Å². The number of nitrogens with one attached hydrogen (secondary N) is 1. The predicted molar refractivity (Wildman–Crippen MR) is 69.5 cm³/mol. The minimum Gasteiger partial charge on any atom is -0.330 e. The summed E-state index contributed by atoms with van der Waals surface area (Å²) in [7, 11) is 0. The van der Waals surface area contributed by atoms with Crippen LogP contribution in [0.1, 0.15) is 5.69 Å². The third kappa shape index (κ3) is 2.57. The molecule has 0 aliphatic heterocycles. The summed E-state index contributed by atoms with van der Waals surface area (Å²) >= 11 is 2.29. The van der Waals surface area contributed by atoms with Crippen LogP contribution in [0.4, 0.5) is 0 Å². The predicted octanol–water partition coefficient (Wildman–Crippen LogP) is 2.18. The lowest BCUT2D eigenvalue weighted by Gasteiger charge is -1.95. The first-order chi connectivity index (χ1) is 7.29. The highest BCUT2D eigenvalue weighted by Crippen LogP contribution is 2.18. The Balaban J connectivity index is 2.25. The van der Waals surface area contributed by atoms with E-state index < -0.39 is 0 Å². The Kier molecular flexibility index (Phi) is 3.37. The summed E-state index contributed by atoms with van der Waals surface area (Å²) in [6.07, 6.45) is 0.845. The van der Waals surface area contributed by atoms with Gasteiger partial charge in [-0.15, -0.1) is 0 Å². The molecule has 0 aliphatic carbocycles. The molecular weight excluding hydrogens is 301 g/mol. The molecule has 1 heterocycles. The van der Waals surface area contributed by atoms with Crippen LogP contribution in [-0.2, 0) is 6.42 Å². The van der Waals surface area contributed by atoms with E-state index in [1.807, 2.05) is 0 Å². The van der Waals surface area contributed by atoms with Gasteiger partial charge in [0.05, 0.1) is 5.69 Å². The highest BCUT2D eigenvalue weighted by atomic mass is 127. The van der Waals surface area contributed by atoms with Gasteiger partial charge in [-0.25, -0.2) is 0 Å². The molecule has 1 aromatic heterocycles. The molecule has 2 rings (SSSR count). The molecule has 1 aromatic carbocycles. The van der Waals surface area contributed by atoms with Gasteiger partial charge in [0.2, 0.25) is 0 Å². The molecule has 0 saturated carbocycles. The van der Waals surface area contributed by atoms with Crippen molar-refractivity contribution in [3.63, 3.8) is 0 Å². The zero-order valence-corrected chi connectivity index (χ0v) is 10.4. The average Bonchev–Trinajstić information content (AvgIpc) is 2.68. The number of rotatable bonds is 3. The second kappa shape index (κ2) is 4.76. The molecule has 3 nitrogen and oxygen atoms in total. The van der Waals surface area contributed by atoms with Crippen molar-refractivity contribution >= 4 is 22.6 Å². The molecule has 0 radical (unpaired) electrons. The van der Waals surface area contributed by atoms with Crippen LogP contribution < -0.4 is 5.73 Å². The lowest BCUT2D eigenvalue weighted by atomic mass is 10.1. The smallest absolute Gasteiger partial charge is 0.0923 e. The Morgan fingerprint density at radius 2 is 2.00 bits per heavy atom. The van der Waals surface area contributed by atoms with Crippen molar-refractivity contribution in [2.45, 2.75) is 6.42 Å². The van der Waals surface area contributed by atoms with Crippen LogP contribution in [0.15, 0.2) is 30.3 Å². The van der Waals surface area contributed by atoms with Gasteiger partial charge in [-0.2, -0.15) is 5.10 Å². The maximum Gasteiger partial charge on any atom is 0.0923 e. The molecule has 78 valence electrons. The fourth-order valence-electron chi connectivity index (χ4n) is 1.41. The Hall–Kier alpha value is -0.880. The van der Waals surface area contributed by atoms with Crippen LogP contribution in [0.3, 0.4) is 0 Å². The van der Waals surface area contributed by atoms with Crippen LogP contribution in [0, 0.1) is 3.57 Å². The summed E-state index contributed by atoms with van der Waals surface area (Å²) in [5, 5.41) is 7.24. The maximum absolute atomic E-state index is 5.48. The first-order valence-electron chi connectivity index (χ1n) is 4.80. The van der Waals surface area contributed by atoms with Crippen molar-refractivity contribution in [3.8, 4) is 11.3 Å². The maximum atomic E-state index is 5.48. The summed E-state index contributed by atoms with van der Waals surface area (Å²) in [5.74, 6) is 0. The molecule has 0 saturated heterocycles. The second-order valence-electron chi connectivity index (χ2n) is 3.32. The molecule has 0 amide bonds. The third-order valence-corrected chi connectivity index (χ3v) is 2.90. The van der Waals surface area contributed by atoms with E-state index in [1.54, 1.807) is 0 Å². The largest absolute Gasteiger partial charge is 0.330 e. The number of hydrogen-bond donors (Lipinski definition) is 2. The van der Waals surface area contributed by atoms with Crippen LogP contribution in [0.5, 0.6) is 0 Å². The van der Waals surface area contributed by atoms with Gasteiger partial charge < -0.3 is 5.73 Å². The molecule has 4 heteroatoms. The quantitative estimate of drug-likeness (QED) is 0.854. The van der Waals surface area contributed by atoms with Crippen molar-refractivity contribution < 1.29 is 0 Å². The number of halogens is 1. The Morgan fingerprint density at radius 3 is 2.67 bits per heavy atom. The fraction of sp³-hybridized carbons (Fsp3) is 0.182. The Bertz CT molecular complexity index is 433. The van der Waals surface area contributed by atoms with Gasteiger partial charge in [0.25, 0.3) is 0 Å². The summed E-state index contributed by atoms with van der Waals surface area (Å²) < 4.78 is 1.23. The summed E-state index contributed by atoms with van der Waals surface area (Å²) in [5.41, 5.74) is 8.68. The van der Waals surface area contributed by atoms with Gasteiger partial charge in [0.15, 0.2) is 0 Å². The van der Waals surface area contributed by atoms with E-state index in [9.17, 15) is 0 Å². The van der Waals surface area contributed by atoms with E-state index >= 15 is 0 Å². The zero-order chi connectivity index (χ0) is 10.7. The second-order valence-corrected chi connectivity index (χ2v) is 4.57. The lowest BCUT2D eigenvalue weighted by Crippen LogP contribution is -2.02. The van der Waals surface area contributed by atoms with Crippen LogP contribution >= 0.6 is 22.6 Å². The molecule has 2 aromatic rings. The summed E-state index contributed by atoms with van der Waals surface area (Å²) in [6.45, 7) is 0.647. The molecular formula is C11H12IN3. The van der Waals surface area contributed by atoms with Crippen molar-refractivity contribution in [3.05, 3.63) is 39.6 Å². The number of hydrogen-bond acceptors (Lipinski definition) is 2. The summed E-state index contributed by atoms with van der Waals surface area (Å²) in [6, 6.07) is 10.4. The molecule has 15 heavy (non-hydrogen) atoms. The molecule has 0 unspecified atom stereocenters. The highest BCUT2D eigenvalue weighted by molar-refractivity contribution is 14.1. The Labute approximate surface area is 102 Å². The number of benzene rings is 1. The molecule has 0 atom stereocenters. The number of nitrogens with zero attached hydrogens (tertiary/aromatic N) is 1. The van der Waals surface area contributed by atoms with Crippen LogP contribution in [0.25, 0.3) is 11.3 Å². The standard InChI is InChI=1S/C11H12IN3/c12-9-3-1-8(2-4-9)11-7-10(5-6-13)14-15-11/h1-4,7H,5-6,13H2,(H,14,15). The van der Waals surface area contributed by atoms with E-state index in [0.717, 1.165) is 23.4 Å². The fourth-order valence-corrected chi connectivity index (χ4v) is 1.77. The van der Waals surface area contributed by atoms with Crippen molar-refractivity contribution in [1.82, 2.24) is 10.2 Å². The Morgan fingerprint density at radius 1 is 1.27 bits per heavy atom. The number of aromatic amines is 1. The number of H-pyrrole nitrogens is 1. The third-order valence-electron chi connectivity index (χ3n) is 2.18. The number of nitrogens with two attached hydrogens (primary N) is 1. The topological polar surface area (TPSA) is 54.7 Å². The van der Waals surface area contributed by atoms with Crippen LogP contribution in [-0.4, -0.2) is 16.7 Å². The minimum absolute atomic E-state index is 0.647. The molecule has 3 N–H and O–H groups in total. The monoisotopic (exact) mass is 313 g/mol. The zero-order valence-electron chi connectivity index (χ0n) is 8.20. The van der Waals surface area contributed by atoms with E-state index in [4.69, 9.17) is 5.73 Å². The molecule has 0 bridgehead atoms. The first-order valence-corrected chi connectivity index (χ1v) is 5.88. The summed E-state index contributed by atoms with van der Waals surface area (Å²) in [4.78, 5) is 0. The van der Waals surface area contributed by atoms with Crippen molar-refractivity contribution in [2.24, 2.45) is 5.73 Å². The first kappa shape index (κ1) is 10.6. The molecule has 0 spiro atoms. The van der Waals surface area contributed by atoms with E-state index in [-0.39, 0.29) is 0 Å². The van der Waals surface area contributed by atoms with Gasteiger partial charge >= 0.3 is 0 Å². The van der Waals surface area contributed by atoms with Crippen molar-refractivity contribution in [1.29, 1.82) is 0 Å². The lowest BCUT2D eigenvalue weighted by molar-refractivity contribution is 0.902. The molecule has 0 aliphatic rings. The van der Waals surface area contributed by atoms with E-state index in [2.05, 4.69) is 63.1 Å². The highest BCUT2D eigenvalue weighted by Gasteiger charge is 2.02. The van der Waals surface area contributed by atoms with Crippen molar-refractivity contribution in [2.75, 3.05) is 6.54 Å². The number of aromatic nitrogens is 2. The van der Waals surface area contributed by atoms with Gasteiger partial charge in [-0.3, -0.25) is 5.10 Å².